The van der Waals surface area contributed by atoms with E-state index in [1.165, 1.54) is 12.8 Å². The molecule has 0 aliphatic carbocycles. The Balaban J connectivity index is 4.22. The lowest BCUT2D eigenvalue weighted by molar-refractivity contribution is 0.0936. The van der Waals surface area contributed by atoms with Crippen molar-refractivity contribution in [2.75, 3.05) is 0 Å². The first-order chi connectivity index (χ1) is 6.04. The summed E-state index contributed by atoms with van der Waals surface area (Å²) in [6.45, 7) is 12.3. The maximum atomic E-state index is 9.49. The summed E-state index contributed by atoms with van der Waals surface area (Å²) in [5.41, 5.74) is 0. The molecule has 0 aliphatic heterocycles. The van der Waals surface area contributed by atoms with Gasteiger partial charge in [0.2, 0.25) is 0 Å². The zero-order valence-corrected chi connectivity index (χ0v) is 9.46. The molecule has 0 aliphatic rings. The molecule has 0 aromatic heterocycles. The molecule has 0 saturated heterocycles. The Morgan fingerprint density at radius 1 is 1.31 bits per heavy atom. The second-order valence-corrected chi connectivity index (χ2v) is 4.18. The molecule has 0 aromatic rings. The van der Waals surface area contributed by atoms with Gasteiger partial charge in [-0.3, -0.25) is 0 Å². The van der Waals surface area contributed by atoms with Crippen LogP contribution < -0.4 is 0 Å². The highest BCUT2D eigenvalue weighted by Gasteiger charge is 2.23. The zero-order valence-electron chi connectivity index (χ0n) is 9.46. The van der Waals surface area contributed by atoms with Crippen LogP contribution in [0.2, 0.25) is 0 Å². The molecule has 0 amide bonds. The highest BCUT2D eigenvalue weighted by Crippen LogP contribution is 2.27. The van der Waals surface area contributed by atoms with E-state index in [-0.39, 0.29) is 6.10 Å². The van der Waals surface area contributed by atoms with E-state index in [0.29, 0.717) is 17.8 Å². The molecule has 1 heteroatoms. The molecular weight excluding hydrogens is 160 g/mol. The van der Waals surface area contributed by atoms with E-state index in [4.69, 9.17) is 0 Å². The first-order valence-corrected chi connectivity index (χ1v) is 5.35. The molecule has 0 aromatic carbocycles. The Kier molecular flexibility index (Phi) is 6.06. The van der Waals surface area contributed by atoms with Crippen LogP contribution in [0, 0.1) is 17.8 Å². The third kappa shape index (κ3) is 3.95. The van der Waals surface area contributed by atoms with Gasteiger partial charge in [-0.05, 0) is 24.7 Å². The number of rotatable bonds is 6. The smallest absolute Gasteiger partial charge is 0.0543 e. The van der Waals surface area contributed by atoms with Crippen LogP contribution in [0.15, 0.2) is 12.7 Å². The summed E-state index contributed by atoms with van der Waals surface area (Å²) in [5, 5.41) is 9.49. The third-order valence-corrected chi connectivity index (χ3v) is 3.04. The molecule has 0 rings (SSSR count). The van der Waals surface area contributed by atoms with Crippen molar-refractivity contribution in [3.8, 4) is 0 Å². The summed E-state index contributed by atoms with van der Waals surface area (Å²) in [6, 6.07) is 0. The highest BCUT2D eigenvalue weighted by molar-refractivity contribution is 4.88. The van der Waals surface area contributed by atoms with Crippen LogP contribution in [-0.4, -0.2) is 11.2 Å². The maximum Gasteiger partial charge on any atom is 0.0543 e. The van der Waals surface area contributed by atoms with Crippen molar-refractivity contribution in [3.63, 3.8) is 0 Å². The minimum absolute atomic E-state index is 0.234. The van der Waals surface area contributed by atoms with Crippen LogP contribution in [0.4, 0.5) is 0 Å². The van der Waals surface area contributed by atoms with Gasteiger partial charge in [-0.2, -0.15) is 0 Å². The van der Waals surface area contributed by atoms with Crippen molar-refractivity contribution >= 4 is 0 Å². The molecule has 0 heterocycles. The van der Waals surface area contributed by atoms with E-state index in [0.717, 1.165) is 0 Å². The fraction of sp³-hybridized carbons (Fsp3) is 0.833. The third-order valence-electron chi connectivity index (χ3n) is 3.04. The summed E-state index contributed by atoms with van der Waals surface area (Å²) in [4.78, 5) is 0. The molecule has 0 bridgehead atoms. The average molecular weight is 184 g/mol. The van der Waals surface area contributed by atoms with Crippen molar-refractivity contribution in [1.29, 1.82) is 0 Å². The van der Waals surface area contributed by atoms with Crippen LogP contribution in [0.25, 0.3) is 0 Å². The summed E-state index contributed by atoms with van der Waals surface area (Å²) in [6.07, 6.45) is 4.19. The fourth-order valence-electron chi connectivity index (χ4n) is 1.93. The minimum atomic E-state index is -0.234. The standard InChI is InChI=1S/C12H24O/c1-6-8-9(3)12(7-2)10(4)11(5)13/h7,9-13H,2,6,8H2,1,3-5H3/t9-,10?,11?,12?/m0/s1. The normalized spacial score (nSPS) is 20.4. The first kappa shape index (κ1) is 12.7. The Bertz CT molecular complexity index is 140. The molecule has 78 valence electrons. The lowest BCUT2D eigenvalue weighted by Gasteiger charge is -2.28. The average Bonchev–Trinajstić information content (AvgIpc) is 2.05. The number of aliphatic hydroxyl groups excluding tert-OH is 1. The van der Waals surface area contributed by atoms with Gasteiger partial charge in [-0.25, -0.2) is 0 Å². The van der Waals surface area contributed by atoms with E-state index in [1.807, 2.05) is 13.0 Å². The van der Waals surface area contributed by atoms with Gasteiger partial charge in [0.1, 0.15) is 0 Å². The lowest BCUT2D eigenvalue weighted by atomic mass is 9.79. The second-order valence-electron chi connectivity index (χ2n) is 4.18. The summed E-state index contributed by atoms with van der Waals surface area (Å²) >= 11 is 0. The number of hydrogen-bond donors (Lipinski definition) is 1. The van der Waals surface area contributed by atoms with Gasteiger partial charge in [0, 0.05) is 0 Å². The van der Waals surface area contributed by atoms with Gasteiger partial charge in [0.25, 0.3) is 0 Å². The summed E-state index contributed by atoms with van der Waals surface area (Å²) < 4.78 is 0. The van der Waals surface area contributed by atoms with E-state index in [2.05, 4.69) is 27.4 Å². The van der Waals surface area contributed by atoms with E-state index >= 15 is 0 Å². The highest BCUT2D eigenvalue weighted by atomic mass is 16.3. The molecule has 4 atom stereocenters. The Labute approximate surface area is 82.9 Å². The molecule has 0 spiro atoms. The van der Waals surface area contributed by atoms with Crippen molar-refractivity contribution in [2.24, 2.45) is 17.8 Å². The van der Waals surface area contributed by atoms with Crippen molar-refractivity contribution in [3.05, 3.63) is 12.7 Å². The molecule has 0 saturated carbocycles. The quantitative estimate of drug-likeness (QED) is 0.628. The van der Waals surface area contributed by atoms with E-state index in [1.54, 1.807) is 0 Å². The maximum absolute atomic E-state index is 9.49. The summed E-state index contributed by atoms with van der Waals surface area (Å²) in [5.74, 6) is 1.39. The van der Waals surface area contributed by atoms with Crippen LogP contribution >= 0.6 is 0 Å². The summed E-state index contributed by atoms with van der Waals surface area (Å²) in [7, 11) is 0. The van der Waals surface area contributed by atoms with Crippen molar-refractivity contribution < 1.29 is 5.11 Å². The molecular formula is C12H24O. The van der Waals surface area contributed by atoms with Gasteiger partial charge in [-0.1, -0.05) is 39.7 Å². The molecule has 13 heavy (non-hydrogen) atoms. The van der Waals surface area contributed by atoms with Crippen molar-refractivity contribution in [2.45, 2.75) is 46.6 Å². The van der Waals surface area contributed by atoms with Crippen LogP contribution in [-0.2, 0) is 0 Å². The van der Waals surface area contributed by atoms with Gasteiger partial charge in [0.05, 0.1) is 6.10 Å². The topological polar surface area (TPSA) is 20.2 Å². The van der Waals surface area contributed by atoms with Crippen LogP contribution in [0.1, 0.15) is 40.5 Å². The fourth-order valence-corrected chi connectivity index (χ4v) is 1.93. The molecule has 1 N–H and O–H groups in total. The molecule has 0 radical (unpaired) electrons. The van der Waals surface area contributed by atoms with Gasteiger partial charge in [0.15, 0.2) is 0 Å². The Hall–Kier alpha value is -0.300. The van der Waals surface area contributed by atoms with Gasteiger partial charge in [-0.15, -0.1) is 6.58 Å². The van der Waals surface area contributed by atoms with E-state index in [9.17, 15) is 5.11 Å². The lowest BCUT2D eigenvalue weighted by Crippen LogP contribution is -2.26. The predicted molar refractivity (Wildman–Crippen MR) is 58.6 cm³/mol. The predicted octanol–water partition coefficient (Wildman–Crippen LogP) is 3.24. The number of hydrogen-bond acceptors (Lipinski definition) is 1. The molecule has 1 nitrogen and oxygen atoms in total. The Morgan fingerprint density at radius 2 is 1.85 bits per heavy atom. The van der Waals surface area contributed by atoms with Crippen LogP contribution in [0.5, 0.6) is 0 Å². The van der Waals surface area contributed by atoms with Crippen molar-refractivity contribution in [1.82, 2.24) is 0 Å². The first-order valence-electron chi connectivity index (χ1n) is 5.35. The molecule has 3 unspecified atom stereocenters. The van der Waals surface area contributed by atoms with Gasteiger partial charge >= 0.3 is 0 Å². The second kappa shape index (κ2) is 6.20. The SMILES string of the molecule is C=CC(C(C)C(C)O)[C@@H](C)CCC. The minimum Gasteiger partial charge on any atom is -0.393 e. The van der Waals surface area contributed by atoms with E-state index < -0.39 is 0 Å². The van der Waals surface area contributed by atoms with Gasteiger partial charge < -0.3 is 5.11 Å². The van der Waals surface area contributed by atoms with Crippen LogP contribution in [0.3, 0.4) is 0 Å². The largest absolute Gasteiger partial charge is 0.393 e. The molecule has 0 fully saturated rings. The number of aliphatic hydroxyl groups is 1. The monoisotopic (exact) mass is 184 g/mol. The zero-order chi connectivity index (χ0) is 10.4. The Morgan fingerprint density at radius 3 is 2.15 bits per heavy atom. The number of allylic oxidation sites excluding steroid dienone is 1.